The van der Waals surface area contributed by atoms with Gasteiger partial charge >= 0.3 is 0 Å². The van der Waals surface area contributed by atoms with E-state index in [4.69, 9.17) is 0 Å². The fourth-order valence-corrected chi connectivity index (χ4v) is 4.27. The summed E-state index contributed by atoms with van der Waals surface area (Å²) in [6.07, 6.45) is 3.93. The van der Waals surface area contributed by atoms with Crippen LogP contribution in [0.1, 0.15) is 61.2 Å². The molecular formula is C16H27N3OS. The maximum atomic E-state index is 12.9. The molecule has 1 amide bonds. The molecule has 0 spiro atoms. The van der Waals surface area contributed by atoms with Crippen molar-refractivity contribution in [3.05, 3.63) is 15.6 Å². The first-order valence-corrected chi connectivity index (χ1v) is 8.76. The Hall–Kier alpha value is -0.940. The normalized spacial score (nSPS) is 19.2. The third-order valence-electron chi connectivity index (χ3n) is 4.45. The first kappa shape index (κ1) is 16.4. The van der Waals surface area contributed by atoms with E-state index in [1.165, 1.54) is 4.88 Å². The molecule has 0 saturated carbocycles. The Balaban J connectivity index is 2.09. The van der Waals surface area contributed by atoms with Gasteiger partial charge in [0.1, 0.15) is 0 Å². The van der Waals surface area contributed by atoms with Crippen LogP contribution in [0.3, 0.4) is 0 Å². The third-order valence-corrected chi connectivity index (χ3v) is 5.71. The second-order valence-electron chi connectivity index (χ2n) is 6.16. The largest absolute Gasteiger partial charge is 0.348 e. The van der Waals surface area contributed by atoms with Gasteiger partial charge < -0.3 is 10.6 Å². The van der Waals surface area contributed by atoms with Crippen LogP contribution >= 0.6 is 11.3 Å². The predicted octanol–water partition coefficient (Wildman–Crippen LogP) is 3.11. The summed E-state index contributed by atoms with van der Waals surface area (Å²) in [4.78, 5) is 18.5. The number of aryl methyl sites for hydroxylation is 2. The molecule has 1 fully saturated rings. The van der Waals surface area contributed by atoms with Crippen LogP contribution in [0.5, 0.6) is 0 Å². The predicted molar refractivity (Wildman–Crippen MR) is 87.6 cm³/mol. The first-order valence-electron chi connectivity index (χ1n) is 7.94. The van der Waals surface area contributed by atoms with Crippen molar-refractivity contribution in [2.75, 3.05) is 13.1 Å². The summed E-state index contributed by atoms with van der Waals surface area (Å²) in [5.74, 6) is 0.226. The zero-order valence-corrected chi connectivity index (χ0v) is 14.4. The number of rotatable bonds is 5. The van der Waals surface area contributed by atoms with Gasteiger partial charge in [-0.2, -0.15) is 0 Å². The van der Waals surface area contributed by atoms with Gasteiger partial charge in [0, 0.05) is 4.88 Å². The number of thiazole rings is 1. The highest BCUT2D eigenvalue weighted by Gasteiger charge is 2.39. The van der Waals surface area contributed by atoms with Gasteiger partial charge in [-0.1, -0.05) is 13.3 Å². The van der Waals surface area contributed by atoms with Gasteiger partial charge in [-0.3, -0.25) is 4.79 Å². The number of nitrogens with zero attached hydrogens (tertiary/aromatic N) is 1. The van der Waals surface area contributed by atoms with Crippen molar-refractivity contribution in [3.8, 4) is 0 Å². The fourth-order valence-electron chi connectivity index (χ4n) is 3.34. The van der Waals surface area contributed by atoms with Crippen molar-refractivity contribution in [2.24, 2.45) is 5.41 Å². The van der Waals surface area contributed by atoms with Gasteiger partial charge in [0.25, 0.3) is 0 Å². The molecule has 1 unspecified atom stereocenters. The summed E-state index contributed by atoms with van der Waals surface area (Å²) in [5, 5.41) is 7.68. The Kier molecular flexibility index (Phi) is 5.38. The van der Waals surface area contributed by atoms with E-state index in [1.807, 2.05) is 13.8 Å². The Bertz CT molecular complexity index is 486. The minimum absolute atomic E-state index is 0.0484. The highest BCUT2D eigenvalue weighted by Crippen LogP contribution is 2.35. The number of aromatic nitrogens is 1. The number of carbonyl (C=O) groups is 1. The average molecular weight is 309 g/mol. The van der Waals surface area contributed by atoms with Gasteiger partial charge in [-0.05, 0) is 53.1 Å². The highest BCUT2D eigenvalue weighted by atomic mass is 32.1. The summed E-state index contributed by atoms with van der Waals surface area (Å²) >= 11 is 1.69. The molecule has 21 heavy (non-hydrogen) atoms. The van der Waals surface area contributed by atoms with Crippen LogP contribution in [-0.4, -0.2) is 24.0 Å². The van der Waals surface area contributed by atoms with E-state index < -0.39 is 0 Å². The van der Waals surface area contributed by atoms with E-state index in [-0.39, 0.29) is 17.4 Å². The van der Waals surface area contributed by atoms with Crippen molar-refractivity contribution in [1.82, 2.24) is 15.6 Å². The van der Waals surface area contributed by atoms with E-state index in [0.717, 1.165) is 49.5 Å². The summed E-state index contributed by atoms with van der Waals surface area (Å²) in [6, 6.07) is 0.0484. The Morgan fingerprint density at radius 2 is 2.10 bits per heavy atom. The molecule has 1 aliphatic rings. The molecule has 1 aliphatic heterocycles. The van der Waals surface area contributed by atoms with E-state index in [1.54, 1.807) is 11.3 Å². The van der Waals surface area contributed by atoms with Crippen molar-refractivity contribution in [3.63, 3.8) is 0 Å². The molecule has 2 N–H and O–H groups in total. The lowest BCUT2D eigenvalue weighted by molar-refractivity contribution is -0.133. The Morgan fingerprint density at radius 3 is 2.62 bits per heavy atom. The van der Waals surface area contributed by atoms with Crippen LogP contribution < -0.4 is 10.6 Å². The molecule has 1 saturated heterocycles. The van der Waals surface area contributed by atoms with Crippen LogP contribution in [0.15, 0.2) is 0 Å². The van der Waals surface area contributed by atoms with Crippen LogP contribution in [0.4, 0.5) is 0 Å². The summed E-state index contributed by atoms with van der Waals surface area (Å²) in [7, 11) is 0. The van der Waals surface area contributed by atoms with E-state index in [2.05, 4.69) is 29.5 Å². The topological polar surface area (TPSA) is 54.0 Å². The van der Waals surface area contributed by atoms with Crippen LogP contribution in [0, 0.1) is 19.3 Å². The first-order chi connectivity index (χ1) is 9.98. The van der Waals surface area contributed by atoms with Crippen molar-refractivity contribution in [1.29, 1.82) is 0 Å². The lowest BCUT2D eigenvalue weighted by Crippen LogP contribution is -2.48. The molecule has 0 radical (unpaired) electrons. The number of carbonyl (C=O) groups excluding carboxylic acids is 1. The summed E-state index contributed by atoms with van der Waals surface area (Å²) in [6.45, 7) is 10.2. The molecule has 1 aromatic rings. The average Bonchev–Trinajstić information content (AvgIpc) is 2.79. The van der Waals surface area contributed by atoms with Gasteiger partial charge in [0.05, 0.1) is 22.2 Å². The maximum Gasteiger partial charge on any atom is 0.226 e. The van der Waals surface area contributed by atoms with Crippen molar-refractivity contribution in [2.45, 2.75) is 59.4 Å². The molecule has 0 aromatic carbocycles. The van der Waals surface area contributed by atoms with Gasteiger partial charge in [-0.15, -0.1) is 11.3 Å². The minimum Gasteiger partial charge on any atom is -0.348 e. The standard InChI is InChI=1S/C16H27N3OS/c1-5-6-16(7-9-17-10-8-16)15(20)19-12(3)14-11(2)18-13(4)21-14/h12,17H,5-10H2,1-4H3,(H,19,20). The van der Waals surface area contributed by atoms with E-state index in [9.17, 15) is 4.79 Å². The molecule has 1 atom stereocenters. The quantitative estimate of drug-likeness (QED) is 0.879. The molecule has 4 nitrogen and oxygen atoms in total. The van der Waals surface area contributed by atoms with E-state index >= 15 is 0 Å². The van der Waals surface area contributed by atoms with Crippen molar-refractivity contribution < 1.29 is 4.79 Å². The molecule has 5 heteroatoms. The second-order valence-corrected chi connectivity index (χ2v) is 7.39. The molecule has 0 bridgehead atoms. The number of piperidine rings is 1. The molecular weight excluding hydrogens is 282 g/mol. The fraction of sp³-hybridized carbons (Fsp3) is 0.750. The van der Waals surface area contributed by atoms with Crippen LogP contribution in [0.2, 0.25) is 0 Å². The molecule has 2 heterocycles. The third kappa shape index (κ3) is 3.64. The second kappa shape index (κ2) is 6.88. The highest BCUT2D eigenvalue weighted by molar-refractivity contribution is 7.11. The lowest BCUT2D eigenvalue weighted by atomic mass is 9.74. The molecule has 0 aliphatic carbocycles. The smallest absolute Gasteiger partial charge is 0.226 e. The van der Waals surface area contributed by atoms with E-state index in [0.29, 0.717) is 0 Å². The van der Waals surface area contributed by atoms with Gasteiger partial charge in [-0.25, -0.2) is 4.98 Å². The zero-order chi connectivity index (χ0) is 15.5. The Morgan fingerprint density at radius 1 is 1.43 bits per heavy atom. The Labute approximate surface area is 131 Å². The van der Waals surface area contributed by atoms with Crippen LogP contribution in [-0.2, 0) is 4.79 Å². The SMILES string of the molecule is CCCC1(C(=O)NC(C)c2sc(C)nc2C)CCNCC1. The summed E-state index contributed by atoms with van der Waals surface area (Å²) in [5.41, 5.74) is 0.863. The zero-order valence-electron chi connectivity index (χ0n) is 13.6. The number of amides is 1. The van der Waals surface area contributed by atoms with Gasteiger partial charge in [0.15, 0.2) is 0 Å². The van der Waals surface area contributed by atoms with Crippen LogP contribution in [0.25, 0.3) is 0 Å². The molecule has 2 rings (SSSR count). The lowest BCUT2D eigenvalue weighted by Gasteiger charge is -2.37. The van der Waals surface area contributed by atoms with Gasteiger partial charge in [0.2, 0.25) is 5.91 Å². The monoisotopic (exact) mass is 309 g/mol. The maximum absolute atomic E-state index is 12.9. The molecule has 1 aromatic heterocycles. The number of hydrogen-bond donors (Lipinski definition) is 2. The number of hydrogen-bond acceptors (Lipinski definition) is 4. The summed E-state index contributed by atoms with van der Waals surface area (Å²) < 4.78 is 0. The van der Waals surface area contributed by atoms with Crippen molar-refractivity contribution >= 4 is 17.2 Å². The molecule has 118 valence electrons. The minimum atomic E-state index is -0.179. The number of nitrogens with one attached hydrogen (secondary N) is 2.